The van der Waals surface area contributed by atoms with Gasteiger partial charge < -0.3 is 0 Å². The Bertz CT molecular complexity index is 540. The summed E-state index contributed by atoms with van der Waals surface area (Å²) in [6.07, 6.45) is 0. The minimum atomic E-state index is -0.611. The lowest BCUT2D eigenvalue weighted by Crippen LogP contribution is -1.83. The highest BCUT2D eigenvalue weighted by Gasteiger charge is 2.07. The van der Waals surface area contributed by atoms with Crippen molar-refractivity contribution in [3.05, 3.63) is 67.0 Å². The second-order valence-corrected chi connectivity index (χ2v) is 5.63. The van der Waals surface area contributed by atoms with Crippen molar-refractivity contribution in [1.29, 1.82) is 0 Å². The SMILES string of the molecule is Fc1ccc(Br)c(F)c1Br.Fc1cccc(F)c1Br. The Hall–Kier alpha value is -0.400. The summed E-state index contributed by atoms with van der Waals surface area (Å²) in [5.41, 5.74) is 0. The van der Waals surface area contributed by atoms with Crippen molar-refractivity contribution in [3.8, 4) is 0 Å². The van der Waals surface area contributed by atoms with Crippen molar-refractivity contribution < 1.29 is 17.6 Å². The van der Waals surface area contributed by atoms with Gasteiger partial charge in [-0.3, -0.25) is 0 Å². The molecule has 0 saturated carbocycles. The van der Waals surface area contributed by atoms with Gasteiger partial charge in [-0.2, -0.15) is 0 Å². The summed E-state index contributed by atoms with van der Waals surface area (Å²) < 4.78 is 49.7. The maximum atomic E-state index is 12.7. The fraction of sp³-hybridized carbons (Fsp3) is 0. The van der Waals surface area contributed by atoms with Gasteiger partial charge in [0.15, 0.2) is 5.82 Å². The van der Waals surface area contributed by atoms with Gasteiger partial charge in [0.1, 0.15) is 17.5 Å². The van der Waals surface area contributed by atoms with Gasteiger partial charge in [-0.05, 0) is 72.1 Å². The molecule has 7 heteroatoms. The molecule has 2 aromatic carbocycles. The molecule has 2 aromatic rings. The normalized spacial score (nSPS) is 9.84. The monoisotopic (exact) mass is 462 g/mol. The molecule has 0 atom stereocenters. The summed E-state index contributed by atoms with van der Waals surface area (Å²) in [4.78, 5) is 0. The van der Waals surface area contributed by atoms with E-state index in [2.05, 4.69) is 47.8 Å². The second-order valence-electron chi connectivity index (χ2n) is 3.19. The van der Waals surface area contributed by atoms with Crippen molar-refractivity contribution in [1.82, 2.24) is 0 Å². The molecule has 0 aliphatic heterocycles. The molecule has 0 heterocycles. The second kappa shape index (κ2) is 7.40. The number of hydrogen-bond donors (Lipinski definition) is 0. The fourth-order valence-corrected chi connectivity index (χ4v) is 2.19. The average molecular weight is 465 g/mol. The minimum absolute atomic E-state index is 0.106. The molecule has 0 amide bonds. The van der Waals surface area contributed by atoms with Crippen LogP contribution in [0.25, 0.3) is 0 Å². The van der Waals surface area contributed by atoms with E-state index in [9.17, 15) is 17.6 Å². The van der Waals surface area contributed by atoms with Gasteiger partial charge in [-0.1, -0.05) is 6.07 Å². The van der Waals surface area contributed by atoms with Crippen LogP contribution in [0.4, 0.5) is 17.6 Å². The van der Waals surface area contributed by atoms with Crippen LogP contribution in [0.15, 0.2) is 43.7 Å². The van der Waals surface area contributed by atoms with E-state index < -0.39 is 23.3 Å². The minimum Gasteiger partial charge on any atom is -0.206 e. The van der Waals surface area contributed by atoms with Crippen LogP contribution < -0.4 is 0 Å². The van der Waals surface area contributed by atoms with E-state index in [1.807, 2.05) is 0 Å². The Kier molecular flexibility index (Phi) is 6.49. The molecule has 0 radical (unpaired) electrons. The zero-order valence-electron chi connectivity index (χ0n) is 9.03. The van der Waals surface area contributed by atoms with Gasteiger partial charge in [-0.25, -0.2) is 17.6 Å². The molecule has 0 spiro atoms. The zero-order chi connectivity index (χ0) is 14.6. The molecular weight excluding hydrogens is 460 g/mol. The van der Waals surface area contributed by atoms with Gasteiger partial charge in [-0.15, -0.1) is 0 Å². The summed E-state index contributed by atoms with van der Waals surface area (Å²) in [6, 6.07) is 6.18. The first-order chi connectivity index (χ1) is 8.84. The molecule has 102 valence electrons. The summed E-state index contributed by atoms with van der Waals surface area (Å²) in [5.74, 6) is -2.36. The Labute approximate surface area is 132 Å². The lowest BCUT2D eigenvalue weighted by molar-refractivity contribution is 0.567. The van der Waals surface area contributed by atoms with Crippen molar-refractivity contribution >= 4 is 47.8 Å². The van der Waals surface area contributed by atoms with Crippen LogP contribution in [0.2, 0.25) is 0 Å². The van der Waals surface area contributed by atoms with E-state index in [4.69, 9.17) is 0 Å². The summed E-state index contributed by atoms with van der Waals surface area (Å²) in [7, 11) is 0. The lowest BCUT2D eigenvalue weighted by Gasteiger charge is -1.96. The molecule has 0 fully saturated rings. The molecule has 0 N–H and O–H groups in total. The Morgan fingerprint density at radius 1 is 0.632 bits per heavy atom. The highest BCUT2D eigenvalue weighted by molar-refractivity contribution is 9.11. The average Bonchev–Trinajstić information content (AvgIpc) is 2.39. The summed E-state index contributed by atoms with van der Waals surface area (Å²) >= 11 is 8.39. The van der Waals surface area contributed by atoms with E-state index in [0.717, 1.165) is 0 Å². The summed E-state index contributed by atoms with van der Waals surface area (Å²) in [5, 5.41) is 0. The van der Waals surface area contributed by atoms with E-state index in [1.165, 1.54) is 30.3 Å². The first-order valence-electron chi connectivity index (χ1n) is 4.73. The fourth-order valence-electron chi connectivity index (χ4n) is 0.980. The first kappa shape index (κ1) is 16.7. The topological polar surface area (TPSA) is 0 Å². The highest BCUT2D eigenvalue weighted by Crippen LogP contribution is 2.25. The maximum absolute atomic E-state index is 12.7. The standard InChI is InChI=1S/C6H2Br2F2.C6H3BrF2/c7-3-1-2-4(9)5(8)6(3)10;7-6-4(8)2-1-3-5(6)9/h1-2H;1-3H. The number of benzene rings is 2. The smallest absolute Gasteiger partial charge is 0.154 e. The Morgan fingerprint density at radius 3 is 1.53 bits per heavy atom. The van der Waals surface area contributed by atoms with Crippen molar-refractivity contribution in [3.63, 3.8) is 0 Å². The number of hydrogen-bond acceptors (Lipinski definition) is 0. The number of rotatable bonds is 0. The molecule has 0 nitrogen and oxygen atoms in total. The molecule has 0 bridgehead atoms. The molecule has 0 aliphatic carbocycles. The van der Waals surface area contributed by atoms with Crippen LogP contribution in [-0.2, 0) is 0 Å². The highest BCUT2D eigenvalue weighted by atomic mass is 79.9. The Morgan fingerprint density at radius 2 is 1.11 bits per heavy atom. The van der Waals surface area contributed by atoms with Gasteiger partial charge >= 0.3 is 0 Å². The van der Waals surface area contributed by atoms with Crippen LogP contribution in [0.3, 0.4) is 0 Å². The third-order valence-corrected chi connectivity index (χ3v) is 3.99. The van der Waals surface area contributed by atoms with Gasteiger partial charge in [0.25, 0.3) is 0 Å². The third-order valence-electron chi connectivity index (χ3n) is 1.89. The number of halogens is 7. The first-order valence-corrected chi connectivity index (χ1v) is 7.11. The Balaban J connectivity index is 0.000000191. The molecular formula is C12H5Br3F4. The van der Waals surface area contributed by atoms with E-state index in [-0.39, 0.29) is 13.4 Å². The van der Waals surface area contributed by atoms with Crippen LogP contribution in [0.1, 0.15) is 0 Å². The van der Waals surface area contributed by atoms with Crippen molar-refractivity contribution in [2.24, 2.45) is 0 Å². The molecule has 0 unspecified atom stereocenters. The van der Waals surface area contributed by atoms with Crippen LogP contribution in [-0.4, -0.2) is 0 Å². The van der Waals surface area contributed by atoms with Crippen LogP contribution >= 0.6 is 47.8 Å². The molecule has 0 aromatic heterocycles. The molecule has 2 rings (SSSR count). The van der Waals surface area contributed by atoms with E-state index in [1.54, 1.807) is 0 Å². The van der Waals surface area contributed by atoms with Crippen LogP contribution in [0, 0.1) is 23.3 Å². The van der Waals surface area contributed by atoms with E-state index in [0.29, 0.717) is 0 Å². The van der Waals surface area contributed by atoms with Crippen LogP contribution in [0.5, 0.6) is 0 Å². The van der Waals surface area contributed by atoms with Gasteiger partial charge in [0.2, 0.25) is 0 Å². The van der Waals surface area contributed by atoms with Gasteiger partial charge in [0, 0.05) is 0 Å². The largest absolute Gasteiger partial charge is 0.206 e. The van der Waals surface area contributed by atoms with Crippen molar-refractivity contribution in [2.45, 2.75) is 0 Å². The third kappa shape index (κ3) is 4.57. The molecule has 0 saturated heterocycles. The van der Waals surface area contributed by atoms with Gasteiger partial charge in [0.05, 0.1) is 13.4 Å². The van der Waals surface area contributed by atoms with E-state index >= 15 is 0 Å². The molecule has 0 aliphatic rings. The zero-order valence-corrected chi connectivity index (χ0v) is 13.8. The predicted octanol–water partition coefficient (Wildman–Crippen LogP) is 6.22. The maximum Gasteiger partial charge on any atom is 0.154 e. The quantitative estimate of drug-likeness (QED) is 0.247. The predicted molar refractivity (Wildman–Crippen MR) is 75.8 cm³/mol. The van der Waals surface area contributed by atoms with Crippen molar-refractivity contribution in [2.75, 3.05) is 0 Å². The lowest BCUT2D eigenvalue weighted by atomic mass is 10.3. The molecule has 19 heavy (non-hydrogen) atoms. The summed E-state index contributed by atoms with van der Waals surface area (Å²) in [6.45, 7) is 0.